The van der Waals surface area contributed by atoms with Gasteiger partial charge in [-0.05, 0) is 17.2 Å². The molecular weight excluding hydrogens is 228 g/mol. The van der Waals surface area contributed by atoms with Crippen molar-refractivity contribution in [3.8, 4) is 0 Å². The predicted molar refractivity (Wildman–Crippen MR) is 66.6 cm³/mol. The highest BCUT2D eigenvalue weighted by Crippen LogP contribution is 2.34. The fourth-order valence-corrected chi connectivity index (χ4v) is 2.12. The maximum Gasteiger partial charge on any atom is 0.331 e. The van der Waals surface area contributed by atoms with Crippen molar-refractivity contribution in [1.29, 1.82) is 0 Å². The molecule has 3 rings (SSSR count). The molecule has 0 bridgehead atoms. The van der Waals surface area contributed by atoms with E-state index in [1.807, 2.05) is 36.4 Å². The lowest BCUT2D eigenvalue weighted by Crippen LogP contribution is -2.15. The number of rotatable bonds is 2. The Labute approximate surface area is 105 Å². The van der Waals surface area contributed by atoms with Crippen molar-refractivity contribution in [3.63, 3.8) is 0 Å². The van der Waals surface area contributed by atoms with Gasteiger partial charge in [-0.25, -0.2) is 4.79 Å². The van der Waals surface area contributed by atoms with Crippen LogP contribution in [0.15, 0.2) is 59.4 Å². The zero-order valence-corrected chi connectivity index (χ0v) is 9.71. The molecule has 3 heteroatoms. The van der Waals surface area contributed by atoms with Gasteiger partial charge >= 0.3 is 5.97 Å². The van der Waals surface area contributed by atoms with Crippen molar-refractivity contribution in [2.24, 2.45) is 0 Å². The molecule has 2 aromatic rings. The average Bonchev–Trinajstić information content (AvgIpc) is 2.93. The van der Waals surface area contributed by atoms with Crippen LogP contribution >= 0.6 is 0 Å². The van der Waals surface area contributed by atoms with Gasteiger partial charge in [-0.3, -0.25) is 0 Å². The predicted octanol–water partition coefficient (Wildman–Crippen LogP) is 3.35. The molecule has 3 nitrogen and oxygen atoms in total. The lowest BCUT2D eigenvalue weighted by Gasteiger charge is -2.22. The van der Waals surface area contributed by atoms with Crippen molar-refractivity contribution in [1.82, 2.24) is 0 Å². The van der Waals surface area contributed by atoms with Crippen LogP contribution in [0.2, 0.25) is 0 Å². The summed E-state index contributed by atoms with van der Waals surface area (Å²) in [5, 5.41) is 0. The molecule has 18 heavy (non-hydrogen) atoms. The molecule has 1 aromatic carbocycles. The third-order valence-corrected chi connectivity index (χ3v) is 3.02. The summed E-state index contributed by atoms with van der Waals surface area (Å²) in [5.74, 6) is -0.300. The number of ether oxygens (including phenoxy) is 1. The van der Waals surface area contributed by atoms with Crippen LogP contribution in [-0.4, -0.2) is 5.97 Å². The van der Waals surface area contributed by atoms with E-state index in [0.29, 0.717) is 6.42 Å². The number of hydrogen-bond acceptors (Lipinski definition) is 3. The quantitative estimate of drug-likeness (QED) is 0.756. The third-order valence-electron chi connectivity index (χ3n) is 3.02. The molecule has 2 heterocycles. The fraction of sp³-hybridized carbons (Fsp3) is 0.133. The second-order valence-electron chi connectivity index (χ2n) is 4.22. The smallest absolute Gasteiger partial charge is 0.331 e. The molecule has 0 aliphatic carbocycles. The molecule has 1 aliphatic rings. The molecular formula is C15H12O3. The van der Waals surface area contributed by atoms with Gasteiger partial charge in [0.1, 0.15) is 6.10 Å². The van der Waals surface area contributed by atoms with Crippen LogP contribution in [0.3, 0.4) is 0 Å². The first-order chi connectivity index (χ1) is 8.83. The number of carbonyl (C=O) groups excluding carboxylic acids is 1. The minimum Gasteiger partial charge on any atom is -0.472 e. The van der Waals surface area contributed by atoms with Crippen molar-refractivity contribution in [2.45, 2.75) is 12.5 Å². The van der Waals surface area contributed by atoms with E-state index in [2.05, 4.69) is 0 Å². The van der Waals surface area contributed by atoms with Crippen molar-refractivity contribution < 1.29 is 13.9 Å². The minimum absolute atomic E-state index is 0.214. The van der Waals surface area contributed by atoms with Gasteiger partial charge in [0.25, 0.3) is 0 Å². The Hall–Kier alpha value is -2.29. The molecule has 0 amide bonds. The Balaban J connectivity index is 1.90. The Morgan fingerprint density at radius 3 is 2.67 bits per heavy atom. The van der Waals surface area contributed by atoms with Gasteiger partial charge in [-0.2, -0.15) is 0 Å². The SMILES string of the molecule is O=C1C=C(c2ccoc2)CC(c2ccccc2)O1. The van der Waals surface area contributed by atoms with Gasteiger partial charge in [0.05, 0.1) is 12.5 Å². The Morgan fingerprint density at radius 2 is 1.94 bits per heavy atom. The Morgan fingerprint density at radius 1 is 1.11 bits per heavy atom. The molecule has 0 fully saturated rings. The fourth-order valence-electron chi connectivity index (χ4n) is 2.12. The summed E-state index contributed by atoms with van der Waals surface area (Å²) in [7, 11) is 0. The van der Waals surface area contributed by atoms with Gasteiger partial charge in [0, 0.05) is 18.1 Å². The van der Waals surface area contributed by atoms with Crippen LogP contribution in [0.5, 0.6) is 0 Å². The molecule has 90 valence electrons. The molecule has 0 N–H and O–H groups in total. The first-order valence-corrected chi connectivity index (χ1v) is 5.81. The van der Waals surface area contributed by atoms with E-state index in [1.54, 1.807) is 12.5 Å². The minimum atomic E-state index is -0.300. The summed E-state index contributed by atoms with van der Waals surface area (Å²) < 4.78 is 10.4. The van der Waals surface area contributed by atoms with E-state index in [1.165, 1.54) is 6.08 Å². The second kappa shape index (κ2) is 4.53. The first kappa shape index (κ1) is 10.8. The molecule has 0 saturated carbocycles. The number of hydrogen-bond donors (Lipinski definition) is 0. The molecule has 1 aromatic heterocycles. The summed E-state index contributed by atoms with van der Waals surface area (Å²) >= 11 is 0. The van der Waals surface area contributed by atoms with Crippen LogP contribution in [-0.2, 0) is 9.53 Å². The second-order valence-corrected chi connectivity index (χ2v) is 4.22. The van der Waals surface area contributed by atoms with E-state index in [9.17, 15) is 4.79 Å². The molecule has 1 atom stereocenters. The Kier molecular flexibility index (Phi) is 2.73. The topological polar surface area (TPSA) is 39.4 Å². The molecule has 0 radical (unpaired) electrons. The maximum atomic E-state index is 11.6. The zero-order valence-electron chi connectivity index (χ0n) is 9.71. The lowest BCUT2D eigenvalue weighted by molar-refractivity contribution is -0.144. The van der Waals surface area contributed by atoms with Gasteiger partial charge in [0.15, 0.2) is 0 Å². The van der Waals surface area contributed by atoms with Crippen LogP contribution in [0, 0.1) is 0 Å². The highest BCUT2D eigenvalue weighted by Gasteiger charge is 2.24. The van der Waals surface area contributed by atoms with E-state index in [0.717, 1.165) is 16.7 Å². The van der Waals surface area contributed by atoms with Crippen molar-refractivity contribution >= 4 is 11.5 Å². The molecule has 1 aliphatic heterocycles. The van der Waals surface area contributed by atoms with Crippen LogP contribution in [0.1, 0.15) is 23.7 Å². The summed E-state index contributed by atoms with van der Waals surface area (Å²) in [5.41, 5.74) is 2.90. The van der Waals surface area contributed by atoms with Gasteiger partial charge < -0.3 is 9.15 Å². The summed E-state index contributed by atoms with van der Waals surface area (Å²) in [6.07, 6.45) is 5.24. The van der Waals surface area contributed by atoms with Crippen LogP contribution < -0.4 is 0 Å². The maximum absolute atomic E-state index is 11.6. The number of esters is 1. The van der Waals surface area contributed by atoms with E-state index < -0.39 is 0 Å². The van der Waals surface area contributed by atoms with Crippen molar-refractivity contribution in [3.05, 3.63) is 66.1 Å². The molecule has 0 spiro atoms. The normalized spacial score (nSPS) is 19.2. The number of furan rings is 1. The van der Waals surface area contributed by atoms with Crippen LogP contribution in [0.25, 0.3) is 5.57 Å². The monoisotopic (exact) mass is 240 g/mol. The highest BCUT2D eigenvalue weighted by molar-refractivity contribution is 5.93. The highest BCUT2D eigenvalue weighted by atomic mass is 16.5. The van der Waals surface area contributed by atoms with Crippen molar-refractivity contribution in [2.75, 3.05) is 0 Å². The largest absolute Gasteiger partial charge is 0.472 e. The van der Waals surface area contributed by atoms with Gasteiger partial charge in [-0.15, -0.1) is 0 Å². The Bertz CT molecular complexity index is 567. The zero-order chi connectivity index (χ0) is 12.4. The number of cyclic esters (lactones) is 1. The number of carbonyl (C=O) groups is 1. The van der Waals surface area contributed by atoms with Crippen LogP contribution in [0.4, 0.5) is 0 Å². The van der Waals surface area contributed by atoms with E-state index in [4.69, 9.17) is 9.15 Å². The molecule has 1 unspecified atom stereocenters. The third kappa shape index (κ3) is 2.07. The first-order valence-electron chi connectivity index (χ1n) is 5.81. The standard InChI is InChI=1S/C15H12O3/c16-15-9-13(12-6-7-17-10-12)8-14(18-15)11-4-2-1-3-5-11/h1-7,9-10,14H,8H2. The summed E-state index contributed by atoms with van der Waals surface area (Å²) in [4.78, 5) is 11.6. The van der Waals surface area contributed by atoms with E-state index >= 15 is 0 Å². The van der Waals surface area contributed by atoms with Gasteiger partial charge in [0.2, 0.25) is 0 Å². The number of benzene rings is 1. The van der Waals surface area contributed by atoms with E-state index in [-0.39, 0.29) is 12.1 Å². The summed E-state index contributed by atoms with van der Waals surface area (Å²) in [6.45, 7) is 0. The summed E-state index contributed by atoms with van der Waals surface area (Å²) in [6, 6.07) is 11.6. The van der Waals surface area contributed by atoms with Gasteiger partial charge in [-0.1, -0.05) is 30.3 Å². The lowest BCUT2D eigenvalue weighted by atomic mass is 9.95. The average molecular weight is 240 g/mol. The molecule has 0 saturated heterocycles.